The van der Waals surface area contributed by atoms with Crippen LogP contribution in [0.2, 0.25) is 0 Å². The molecule has 1 aromatic rings. The molecule has 1 fully saturated rings. The van der Waals surface area contributed by atoms with Crippen LogP contribution in [0.15, 0.2) is 18.2 Å². The number of carboxylic acid groups (broad SMARTS) is 1. The molecule has 2 amide bonds. The molecular formula is C18H26N2O6. The molecule has 8 nitrogen and oxygen atoms in total. The Bertz CT molecular complexity index is 641. The summed E-state index contributed by atoms with van der Waals surface area (Å²) in [6, 6.07) is 4.68. The molecule has 4 N–H and O–H groups in total. The number of rotatable bonds is 7. The summed E-state index contributed by atoms with van der Waals surface area (Å²) in [4.78, 5) is 22.7. The molecule has 1 aliphatic heterocycles. The first-order chi connectivity index (χ1) is 12.3. The van der Waals surface area contributed by atoms with Gasteiger partial charge in [0, 0.05) is 25.0 Å². The highest BCUT2D eigenvalue weighted by Gasteiger charge is 2.30. The van der Waals surface area contributed by atoms with E-state index in [0.29, 0.717) is 24.0 Å². The van der Waals surface area contributed by atoms with E-state index in [-0.39, 0.29) is 0 Å². The maximum Gasteiger partial charge on any atom is 0.337 e. The van der Waals surface area contributed by atoms with Crippen molar-refractivity contribution >= 4 is 17.7 Å². The van der Waals surface area contributed by atoms with Gasteiger partial charge in [0.15, 0.2) is 5.60 Å². The van der Waals surface area contributed by atoms with Crippen LogP contribution in [-0.2, 0) is 9.53 Å². The largest absolute Gasteiger partial charge is 0.493 e. The van der Waals surface area contributed by atoms with Gasteiger partial charge in [-0.15, -0.1) is 0 Å². The summed E-state index contributed by atoms with van der Waals surface area (Å²) in [6.45, 7) is 4.75. The number of hydrogen-bond acceptors (Lipinski definition) is 5. The topological polar surface area (TPSA) is 117 Å². The van der Waals surface area contributed by atoms with Crippen LogP contribution in [0, 0.1) is 12.8 Å². The van der Waals surface area contributed by atoms with Crippen LogP contribution < -0.4 is 15.4 Å². The Morgan fingerprint density at radius 1 is 1.35 bits per heavy atom. The zero-order valence-electron chi connectivity index (χ0n) is 15.1. The van der Waals surface area contributed by atoms with E-state index in [0.717, 1.165) is 38.5 Å². The van der Waals surface area contributed by atoms with Crippen molar-refractivity contribution in [2.24, 2.45) is 5.92 Å². The Morgan fingerprint density at radius 2 is 2.04 bits per heavy atom. The lowest BCUT2D eigenvalue weighted by Gasteiger charge is -2.22. The minimum absolute atomic E-state index is 0.410. The molecule has 0 aromatic heterocycles. The average molecular weight is 366 g/mol. The van der Waals surface area contributed by atoms with Crippen molar-refractivity contribution in [1.82, 2.24) is 5.32 Å². The molecule has 1 aliphatic rings. The van der Waals surface area contributed by atoms with E-state index in [1.54, 1.807) is 12.1 Å². The van der Waals surface area contributed by atoms with Crippen LogP contribution in [0.4, 0.5) is 10.5 Å². The second-order valence-corrected chi connectivity index (χ2v) is 6.73. The molecule has 2 rings (SSSR count). The lowest BCUT2D eigenvalue weighted by Crippen LogP contribution is -2.47. The van der Waals surface area contributed by atoms with Crippen LogP contribution in [0.5, 0.6) is 5.75 Å². The van der Waals surface area contributed by atoms with E-state index in [1.807, 2.05) is 13.0 Å². The summed E-state index contributed by atoms with van der Waals surface area (Å²) >= 11 is 0. The zero-order chi connectivity index (χ0) is 19.2. The second kappa shape index (κ2) is 8.86. The number of aliphatic hydroxyl groups is 1. The number of aliphatic carboxylic acids is 1. The van der Waals surface area contributed by atoms with Crippen molar-refractivity contribution in [3.8, 4) is 5.75 Å². The van der Waals surface area contributed by atoms with Crippen LogP contribution in [0.3, 0.4) is 0 Å². The van der Waals surface area contributed by atoms with Gasteiger partial charge < -0.3 is 30.3 Å². The number of ether oxygens (including phenoxy) is 2. The van der Waals surface area contributed by atoms with Crippen molar-refractivity contribution in [1.29, 1.82) is 0 Å². The Morgan fingerprint density at radius 3 is 2.69 bits per heavy atom. The van der Waals surface area contributed by atoms with Gasteiger partial charge in [-0.3, -0.25) is 0 Å². The molecule has 144 valence electrons. The van der Waals surface area contributed by atoms with Gasteiger partial charge in [-0.2, -0.15) is 0 Å². The van der Waals surface area contributed by atoms with Gasteiger partial charge >= 0.3 is 12.0 Å². The van der Waals surface area contributed by atoms with Gasteiger partial charge in [-0.25, -0.2) is 9.59 Å². The predicted octanol–water partition coefficient (Wildman–Crippen LogP) is 1.76. The molecule has 0 saturated carbocycles. The second-order valence-electron chi connectivity index (χ2n) is 6.73. The average Bonchev–Trinajstić information content (AvgIpc) is 2.61. The third-order valence-corrected chi connectivity index (χ3v) is 4.32. The summed E-state index contributed by atoms with van der Waals surface area (Å²) < 4.78 is 11.2. The molecule has 8 heteroatoms. The maximum absolute atomic E-state index is 11.9. The smallest absolute Gasteiger partial charge is 0.337 e. The van der Waals surface area contributed by atoms with Crippen LogP contribution in [-0.4, -0.2) is 54.2 Å². The number of urea groups is 1. The summed E-state index contributed by atoms with van der Waals surface area (Å²) in [5.74, 6) is -0.259. The highest BCUT2D eigenvalue weighted by atomic mass is 16.5. The van der Waals surface area contributed by atoms with Crippen molar-refractivity contribution < 1.29 is 29.3 Å². The van der Waals surface area contributed by atoms with E-state index < -0.39 is 24.1 Å². The first-order valence-electron chi connectivity index (χ1n) is 8.60. The lowest BCUT2D eigenvalue weighted by atomic mass is 10.0. The Kier molecular flexibility index (Phi) is 6.82. The van der Waals surface area contributed by atoms with Crippen LogP contribution in [0.1, 0.15) is 25.3 Å². The molecule has 1 saturated heterocycles. The predicted molar refractivity (Wildman–Crippen MR) is 95.5 cm³/mol. The van der Waals surface area contributed by atoms with Gasteiger partial charge in [0.2, 0.25) is 0 Å². The SMILES string of the molecule is Cc1ccc(NC(=O)NCC(C)(O)C(=O)O)cc1OCC1CCOCC1. The third-order valence-electron chi connectivity index (χ3n) is 4.32. The minimum atomic E-state index is -2.03. The van der Waals surface area contributed by atoms with E-state index in [4.69, 9.17) is 14.6 Å². The standard InChI is InChI=1S/C18H26N2O6/c1-12-3-4-14(20-17(23)19-11-18(2,24)16(21)22)9-15(12)26-10-13-5-7-25-8-6-13/h3-4,9,13,24H,5-8,10-11H2,1-2H3,(H,21,22)(H2,19,20,23). The number of carbonyl (C=O) groups is 2. The maximum atomic E-state index is 11.9. The highest BCUT2D eigenvalue weighted by Crippen LogP contribution is 2.24. The fourth-order valence-electron chi connectivity index (χ4n) is 2.46. The van der Waals surface area contributed by atoms with Gasteiger partial charge in [0.1, 0.15) is 5.75 Å². The van der Waals surface area contributed by atoms with Gasteiger partial charge in [-0.05, 0) is 44.2 Å². The van der Waals surface area contributed by atoms with Crippen molar-refractivity contribution in [2.75, 3.05) is 31.7 Å². The number of hydrogen-bond donors (Lipinski definition) is 4. The molecule has 1 atom stereocenters. The first kappa shape index (κ1) is 20.0. The summed E-state index contributed by atoms with van der Waals surface area (Å²) in [5.41, 5.74) is -0.551. The van der Waals surface area contributed by atoms with Crippen molar-refractivity contribution in [3.63, 3.8) is 0 Å². The number of anilines is 1. The third kappa shape index (κ3) is 5.89. The lowest BCUT2D eigenvalue weighted by molar-refractivity contribution is -0.155. The van der Waals surface area contributed by atoms with Gasteiger partial charge in [-0.1, -0.05) is 6.07 Å². The number of nitrogens with one attached hydrogen (secondary N) is 2. The van der Waals surface area contributed by atoms with Gasteiger partial charge in [0.25, 0.3) is 0 Å². The number of carbonyl (C=O) groups excluding carboxylic acids is 1. The van der Waals surface area contributed by atoms with E-state index >= 15 is 0 Å². The quantitative estimate of drug-likeness (QED) is 0.584. The number of benzene rings is 1. The molecule has 1 unspecified atom stereocenters. The molecule has 0 spiro atoms. The minimum Gasteiger partial charge on any atom is -0.493 e. The number of carboxylic acids is 1. The Hall–Kier alpha value is -2.32. The van der Waals surface area contributed by atoms with Crippen LogP contribution in [0.25, 0.3) is 0 Å². The monoisotopic (exact) mass is 366 g/mol. The zero-order valence-corrected chi connectivity index (χ0v) is 15.1. The molecule has 26 heavy (non-hydrogen) atoms. The van der Waals surface area contributed by atoms with E-state index in [9.17, 15) is 14.7 Å². The Labute approximate surface area is 152 Å². The summed E-state index contributed by atoms with van der Waals surface area (Å²) in [6.07, 6.45) is 1.95. The van der Waals surface area contributed by atoms with E-state index in [1.165, 1.54) is 0 Å². The summed E-state index contributed by atoms with van der Waals surface area (Å²) in [7, 11) is 0. The number of aryl methyl sites for hydroxylation is 1. The van der Waals surface area contributed by atoms with Crippen molar-refractivity contribution in [2.45, 2.75) is 32.3 Å². The first-order valence-corrected chi connectivity index (χ1v) is 8.60. The van der Waals surface area contributed by atoms with Crippen LogP contribution >= 0.6 is 0 Å². The van der Waals surface area contributed by atoms with Gasteiger partial charge in [0.05, 0.1) is 13.2 Å². The molecule has 1 aromatic carbocycles. The summed E-state index contributed by atoms with van der Waals surface area (Å²) in [5, 5.41) is 23.4. The van der Waals surface area contributed by atoms with Crippen molar-refractivity contribution in [3.05, 3.63) is 23.8 Å². The van der Waals surface area contributed by atoms with E-state index in [2.05, 4.69) is 10.6 Å². The molecular weight excluding hydrogens is 340 g/mol. The molecule has 0 aliphatic carbocycles. The fraction of sp³-hybridized carbons (Fsp3) is 0.556. The Balaban J connectivity index is 1.89. The molecule has 0 bridgehead atoms. The molecule has 0 radical (unpaired) electrons. The number of amides is 2. The highest BCUT2D eigenvalue weighted by molar-refractivity contribution is 5.90. The molecule has 1 heterocycles. The fourth-order valence-corrected chi connectivity index (χ4v) is 2.46. The normalized spacial score (nSPS) is 17.2.